The Hall–Kier alpha value is -3.03. The van der Waals surface area contributed by atoms with Crippen molar-refractivity contribution >= 4 is 39.2 Å². The zero-order valence-electron chi connectivity index (χ0n) is 17.3. The number of hydrogen-bond donors (Lipinski definition) is 0. The number of amides is 1. The van der Waals surface area contributed by atoms with Gasteiger partial charge in [0.1, 0.15) is 17.2 Å². The van der Waals surface area contributed by atoms with E-state index >= 15 is 0 Å². The van der Waals surface area contributed by atoms with E-state index in [-0.39, 0.29) is 5.91 Å². The van der Waals surface area contributed by atoms with Gasteiger partial charge in [0.2, 0.25) is 0 Å². The summed E-state index contributed by atoms with van der Waals surface area (Å²) >= 11 is 3.25. The van der Waals surface area contributed by atoms with Gasteiger partial charge in [-0.2, -0.15) is 16.8 Å². The fourth-order valence-corrected chi connectivity index (χ4v) is 4.55. The van der Waals surface area contributed by atoms with Crippen LogP contribution < -0.4 is 14.3 Å². The molecule has 158 valence electrons. The molecule has 0 bridgehead atoms. The molecule has 4 aromatic rings. The minimum absolute atomic E-state index is 0.275. The average molecular weight is 451 g/mol. The van der Waals surface area contributed by atoms with E-state index in [2.05, 4.69) is 15.8 Å². The Morgan fingerprint density at radius 3 is 2.42 bits per heavy atom. The third-order valence-corrected chi connectivity index (χ3v) is 6.32. The maximum atomic E-state index is 12.9. The van der Waals surface area contributed by atoms with E-state index in [9.17, 15) is 4.79 Å². The summed E-state index contributed by atoms with van der Waals surface area (Å²) in [6.07, 6.45) is 2.07. The molecule has 3 aromatic carbocycles. The molecule has 0 unspecified atom stereocenters. The van der Waals surface area contributed by atoms with Crippen LogP contribution in [0.15, 0.2) is 77.8 Å². The fourth-order valence-electron chi connectivity index (χ4n) is 3.11. The zero-order valence-corrected chi connectivity index (χ0v) is 18.9. The largest absolute Gasteiger partial charge is 0.497 e. The van der Waals surface area contributed by atoms with E-state index in [4.69, 9.17) is 9.47 Å². The van der Waals surface area contributed by atoms with Gasteiger partial charge in [0.15, 0.2) is 4.80 Å². The fraction of sp³-hybridized carbons (Fsp3) is 0.167. The molecular formula is C24H22N2O3S2. The van der Waals surface area contributed by atoms with E-state index in [1.54, 1.807) is 43.1 Å². The highest BCUT2D eigenvalue weighted by atomic mass is 32.2. The molecule has 0 aliphatic carbocycles. The molecule has 0 spiro atoms. The number of benzene rings is 3. The molecule has 5 nitrogen and oxygen atoms in total. The second kappa shape index (κ2) is 9.85. The Labute approximate surface area is 189 Å². The number of nitrogens with zero attached hydrogens (tertiary/aromatic N) is 2. The van der Waals surface area contributed by atoms with Crippen LogP contribution in [0.3, 0.4) is 0 Å². The Balaban J connectivity index is 1.63. The Kier molecular flexibility index (Phi) is 6.74. The number of carbonyl (C=O) groups is 1. The summed E-state index contributed by atoms with van der Waals surface area (Å²) in [5.41, 5.74) is 1.57. The van der Waals surface area contributed by atoms with Gasteiger partial charge in [-0.1, -0.05) is 29.5 Å². The lowest BCUT2D eigenvalue weighted by molar-refractivity contribution is 0.0998. The van der Waals surface area contributed by atoms with E-state index in [0.29, 0.717) is 16.1 Å². The van der Waals surface area contributed by atoms with Crippen LogP contribution in [0.5, 0.6) is 17.2 Å². The van der Waals surface area contributed by atoms with Crippen LogP contribution in [-0.2, 0) is 6.54 Å². The molecule has 0 atom stereocenters. The van der Waals surface area contributed by atoms with E-state index < -0.39 is 0 Å². The minimum atomic E-state index is -0.275. The van der Waals surface area contributed by atoms with Crippen molar-refractivity contribution in [2.24, 2.45) is 4.99 Å². The summed E-state index contributed by atoms with van der Waals surface area (Å²) in [4.78, 5) is 18.0. The lowest BCUT2D eigenvalue weighted by Gasteiger charge is -2.06. The molecule has 1 amide bonds. The SMILES string of the molecule is COc1ccc2c(c1)sc(=NC(=O)c1ccc(Oc3ccccc3)cc1)n2CCSC. The van der Waals surface area contributed by atoms with Gasteiger partial charge >= 0.3 is 0 Å². The van der Waals surface area contributed by atoms with E-state index in [1.807, 2.05) is 48.5 Å². The van der Waals surface area contributed by atoms with Crippen molar-refractivity contribution < 1.29 is 14.3 Å². The van der Waals surface area contributed by atoms with Crippen molar-refractivity contribution in [1.82, 2.24) is 4.57 Å². The maximum Gasteiger partial charge on any atom is 0.279 e. The lowest BCUT2D eigenvalue weighted by atomic mass is 10.2. The van der Waals surface area contributed by atoms with Gasteiger partial charge in [-0.15, -0.1) is 0 Å². The first kappa shape index (κ1) is 21.2. The van der Waals surface area contributed by atoms with Gasteiger partial charge in [-0.05, 0) is 60.9 Å². The number of methoxy groups -OCH3 is 1. The van der Waals surface area contributed by atoms with Crippen molar-refractivity contribution in [3.05, 3.63) is 83.2 Å². The second-order valence-corrected chi connectivity index (χ2v) is 8.71. The number of ether oxygens (including phenoxy) is 2. The highest BCUT2D eigenvalue weighted by molar-refractivity contribution is 7.98. The molecule has 0 fully saturated rings. The standard InChI is InChI=1S/C24H22N2O3S2/c1-28-20-12-13-21-22(16-20)31-24(26(21)14-15-30-2)25-23(27)17-8-10-19(11-9-17)29-18-6-4-3-5-7-18/h3-13,16H,14-15H2,1-2H3. The second-order valence-electron chi connectivity index (χ2n) is 6.72. The summed E-state index contributed by atoms with van der Waals surface area (Å²) in [6, 6.07) is 22.5. The number of rotatable bonds is 7. The van der Waals surface area contributed by atoms with Crippen molar-refractivity contribution in [3.8, 4) is 17.2 Å². The van der Waals surface area contributed by atoms with E-state index in [0.717, 1.165) is 34.0 Å². The van der Waals surface area contributed by atoms with Gasteiger partial charge in [0, 0.05) is 17.9 Å². The molecule has 0 radical (unpaired) electrons. The smallest absolute Gasteiger partial charge is 0.279 e. The van der Waals surface area contributed by atoms with Crippen LogP contribution in [0.2, 0.25) is 0 Å². The molecule has 0 saturated heterocycles. The molecule has 7 heteroatoms. The number of thioether (sulfide) groups is 1. The molecule has 4 rings (SSSR count). The number of aromatic nitrogens is 1. The number of thiazole rings is 1. The van der Waals surface area contributed by atoms with Crippen molar-refractivity contribution in [3.63, 3.8) is 0 Å². The summed E-state index contributed by atoms with van der Waals surface area (Å²) < 4.78 is 14.3. The van der Waals surface area contributed by atoms with Gasteiger partial charge in [0.05, 0.1) is 17.3 Å². The number of hydrogen-bond acceptors (Lipinski definition) is 5. The number of fused-ring (bicyclic) bond motifs is 1. The minimum Gasteiger partial charge on any atom is -0.497 e. The summed E-state index contributed by atoms with van der Waals surface area (Å²) in [6.45, 7) is 0.781. The third-order valence-electron chi connectivity index (χ3n) is 4.69. The van der Waals surface area contributed by atoms with Crippen molar-refractivity contribution in [1.29, 1.82) is 0 Å². The van der Waals surface area contributed by atoms with Gasteiger partial charge in [-0.3, -0.25) is 4.79 Å². The molecule has 1 heterocycles. The van der Waals surface area contributed by atoms with Gasteiger partial charge < -0.3 is 14.0 Å². The first-order valence-corrected chi connectivity index (χ1v) is 12.0. The van der Waals surface area contributed by atoms with Crippen LogP contribution in [-0.4, -0.2) is 29.6 Å². The predicted octanol–water partition coefficient (Wildman–Crippen LogP) is 5.61. The van der Waals surface area contributed by atoms with Crippen LogP contribution in [0.25, 0.3) is 10.2 Å². The van der Waals surface area contributed by atoms with E-state index in [1.165, 1.54) is 11.3 Å². The van der Waals surface area contributed by atoms with Crippen LogP contribution >= 0.6 is 23.1 Å². The first-order chi connectivity index (χ1) is 15.2. The van der Waals surface area contributed by atoms with Gasteiger partial charge in [0.25, 0.3) is 5.91 Å². The summed E-state index contributed by atoms with van der Waals surface area (Å²) in [7, 11) is 1.65. The van der Waals surface area contributed by atoms with Gasteiger partial charge in [-0.25, -0.2) is 0 Å². The predicted molar refractivity (Wildman–Crippen MR) is 128 cm³/mol. The molecule has 0 N–H and O–H groups in total. The molecular weight excluding hydrogens is 428 g/mol. The van der Waals surface area contributed by atoms with Crippen LogP contribution in [0.1, 0.15) is 10.4 Å². The maximum absolute atomic E-state index is 12.9. The monoisotopic (exact) mass is 450 g/mol. The molecule has 0 aliphatic heterocycles. The number of para-hydroxylation sites is 1. The van der Waals surface area contributed by atoms with Crippen LogP contribution in [0, 0.1) is 0 Å². The first-order valence-electron chi connectivity index (χ1n) is 9.76. The molecule has 31 heavy (non-hydrogen) atoms. The van der Waals surface area contributed by atoms with Crippen molar-refractivity contribution in [2.75, 3.05) is 19.1 Å². The van der Waals surface area contributed by atoms with Crippen molar-refractivity contribution in [2.45, 2.75) is 6.54 Å². The molecule has 0 saturated carbocycles. The van der Waals surface area contributed by atoms with Crippen LogP contribution in [0.4, 0.5) is 0 Å². The lowest BCUT2D eigenvalue weighted by Crippen LogP contribution is -2.18. The topological polar surface area (TPSA) is 52.8 Å². The molecule has 1 aromatic heterocycles. The summed E-state index contributed by atoms with van der Waals surface area (Å²) in [5, 5.41) is 0. The zero-order chi connectivity index (χ0) is 21.6. The molecule has 0 aliphatic rings. The highest BCUT2D eigenvalue weighted by Gasteiger charge is 2.10. The quantitative estimate of drug-likeness (QED) is 0.367. The third kappa shape index (κ3) is 5.00. The Morgan fingerprint density at radius 2 is 1.71 bits per heavy atom. The summed E-state index contributed by atoms with van der Waals surface area (Å²) in [5.74, 6) is 2.87. The normalized spacial score (nSPS) is 11.6. The Bertz CT molecular complexity index is 1250. The highest BCUT2D eigenvalue weighted by Crippen LogP contribution is 2.24. The number of aryl methyl sites for hydroxylation is 1. The Morgan fingerprint density at radius 1 is 1.00 bits per heavy atom. The number of carbonyl (C=O) groups excluding carboxylic acids is 1. The average Bonchev–Trinajstić information content (AvgIpc) is 3.14.